The molecule has 0 N–H and O–H groups in total. The molecule has 3 heterocycles. The fraction of sp³-hybridized carbons (Fsp3) is 0.111. The number of rotatable bonds is 5. The Morgan fingerprint density at radius 2 is 1.56 bits per heavy atom. The van der Waals surface area contributed by atoms with Gasteiger partial charge in [0.2, 0.25) is 0 Å². The van der Waals surface area contributed by atoms with Crippen LogP contribution in [-0.2, 0) is 6.18 Å². The molecule has 5 rings (SSSR count). The number of hydrogen-bond acceptors (Lipinski definition) is 4. The quantitative estimate of drug-likeness (QED) is 0.279. The van der Waals surface area contributed by atoms with Crippen LogP contribution >= 0.6 is 0 Å². The van der Waals surface area contributed by atoms with Crippen LogP contribution in [0.4, 0.5) is 13.2 Å². The molecule has 0 aliphatic rings. The summed E-state index contributed by atoms with van der Waals surface area (Å²) in [6.45, 7) is 0. The van der Waals surface area contributed by atoms with Gasteiger partial charge in [-0.25, -0.2) is 0 Å². The first-order valence-corrected chi connectivity index (χ1v) is 10.6. The Morgan fingerprint density at radius 3 is 2.41 bits per heavy atom. The van der Waals surface area contributed by atoms with Gasteiger partial charge in [-0.3, -0.25) is 19.7 Å². The van der Waals surface area contributed by atoms with E-state index in [-0.39, 0.29) is 17.9 Å². The molecule has 0 spiro atoms. The number of benzene rings is 2. The molecule has 0 saturated carbocycles. The van der Waals surface area contributed by atoms with Crippen molar-refractivity contribution in [2.45, 2.75) is 18.5 Å². The second-order valence-electron chi connectivity index (χ2n) is 7.99. The maximum Gasteiger partial charge on any atom is 0.418 e. The lowest BCUT2D eigenvalue weighted by Crippen LogP contribution is -2.17. The summed E-state index contributed by atoms with van der Waals surface area (Å²) in [6, 6.07) is 20.1. The Kier molecular flexibility index (Phi) is 5.53. The van der Waals surface area contributed by atoms with Crippen molar-refractivity contribution in [3.63, 3.8) is 0 Å². The fourth-order valence-electron chi connectivity index (χ4n) is 4.13. The van der Waals surface area contributed by atoms with Crippen LogP contribution in [0, 0.1) is 0 Å². The Labute approximate surface area is 193 Å². The Morgan fingerprint density at radius 1 is 0.794 bits per heavy atom. The van der Waals surface area contributed by atoms with Gasteiger partial charge in [-0.15, -0.1) is 0 Å². The first kappa shape index (κ1) is 21.7. The van der Waals surface area contributed by atoms with Crippen LogP contribution in [0.3, 0.4) is 0 Å². The Bertz CT molecular complexity index is 1510. The number of ketones is 1. The zero-order valence-corrected chi connectivity index (χ0v) is 17.8. The smallest absolute Gasteiger partial charge is 0.294 e. The van der Waals surface area contributed by atoms with Crippen LogP contribution in [0.5, 0.6) is 0 Å². The first-order valence-electron chi connectivity index (χ1n) is 10.6. The summed E-state index contributed by atoms with van der Waals surface area (Å²) in [5.41, 5.74) is 1.19. The minimum atomic E-state index is -4.61. The van der Waals surface area contributed by atoms with E-state index < -0.39 is 17.7 Å². The average molecular weight is 457 g/mol. The largest absolute Gasteiger partial charge is 0.418 e. The zero-order chi connectivity index (χ0) is 23.7. The summed E-state index contributed by atoms with van der Waals surface area (Å²) in [7, 11) is 0. The second kappa shape index (κ2) is 8.67. The number of hydrogen-bond donors (Lipinski definition) is 0. The van der Waals surface area contributed by atoms with Gasteiger partial charge >= 0.3 is 6.18 Å². The van der Waals surface area contributed by atoms with E-state index in [0.29, 0.717) is 22.2 Å². The fourth-order valence-corrected chi connectivity index (χ4v) is 4.13. The van der Waals surface area contributed by atoms with Crippen LogP contribution in [0.2, 0.25) is 0 Å². The number of carbonyl (C=O) groups excluding carboxylic acids is 1. The lowest BCUT2D eigenvalue weighted by atomic mass is 9.86. The summed E-state index contributed by atoms with van der Waals surface area (Å²) >= 11 is 0. The molecule has 5 aromatic rings. The predicted molar refractivity (Wildman–Crippen MR) is 124 cm³/mol. The van der Waals surface area contributed by atoms with Gasteiger partial charge < -0.3 is 0 Å². The van der Waals surface area contributed by atoms with E-state index >= 15 is 0 Å². The minimum absolute atomic E-state index is 0.195. The normalized spacial score (nSPS) is 12.7. The van der Waals surface area contributed by atoms with Crippen molar-refractivity contribution >= 4 is 27.6 Å². The van der Waals surface area contributed by atoms with Gasteiger partial charge in [0.25, 0.3) is 0 Å². The van der Waals surface area contributed by atoms with Crippen molar-refractivity contribution in [1.82, 2.24) is 15.0 Å². The number of pyridine rings is 3. The number of alkyl halides is 3. The molecule has 0 saturated heterocycles. The molecule has 0 fully saturated rings. The summed E-state index contributed by atoms with van der Waals surface area (Å²) in [4.78, 5) is 26.1. The van der Waals surface area contributed by atoms with Crippen LogP contribution in [0.25, 0.3) is 21.8 Å². The summed E-state index contributed by atoms with van der Waals surface area (Å²) in [5.74, 6) is -1.23. The number of halogens is 3. The highest BCUT2D eigenvalue weighted by molar-refractivity contribution is 6.00. The molecule has 0 amide bonds. The number of Topliss-reactive ketones (excluding diaryl/α,β-unsaturated/α-hetero) is 1. The van der Waals surface area contributed by atoms with Crippen molar-refractivity contribution in [2.75, 3.05) is 0 Å². The molecule has 34 heavy (non-hydrogen) atoms. The molecule has 0 radical (unpaired) electrons. The van der Waals surface area contributed by atoms with Crippen molar-refractivity contribution < 1.29 is 18.0 Å². The van der Waals surface area contributed by atoms with Crippen LogP contribution < -0.4 is 0 Å². The third-order valence-corrected chi connectivity index (χ3v) is 5.81. The highest BCUT2D eigenvalue weighted by atomic mass is 19.4. The van der Waals surface area contributed by atoms with Gasteiger partial charge in [-0.1, -0.05) is 36.4 Å². The average Bonchev–Trinajstić information content (AvgIpc) is 2.86. The van der Waals surface area contributed by atoms with E-state index in [4.69, 9.17) is 0 Å². The molecule has 2 aromatic carbocycles. The number of para-hydroxylation sites is 1. The molecule has 0 unspecified atom stereocenters. The summed E-state index contributed by atoms with van der Waals surface area (Å²) in [5, 5.41) is 1.65. The molecule has 168 valence electrons. The molecule has 0 aliphatic heterocycles. The van der Waals surface area contributed by atoms with Gasteiger partial charge in [0.15, 0.2) is 5.78 Å². The number of fused-ring (bicyclic) bond motifs is 2. The third kappa shape index (κ3) is 4.24. The minimum Gasteiger partial charge on any atom is -0.294 e. The molecule has 7 heteroatoms. The van der Waals surface area contributed by atoms with Crippen LogP contribution in [-0.4, -0.2) is 20.7 Å². The van der Waals surface area contributed by atoms with Gasteiger partial charge in [0.05, 0.1) is 22.3 Å². The van der Waals surface area contributed by atoms with Gasteiger partial charge in [-0.05, 0) is 42.0 Å². The topological polar surface area (TPSA) is 55.7 Å². The molecule has 3 aromatic heterocycles. The summed E-state index contributed by atoms with van der Waals surface area (Å²) in [6.07, 6.45) is -0.336. The molecular formula is C27H18F3N3O. The van der Waals surface area contributed by atoms with E-state index in [1.807, 2.05) is 30.3 Å². The van der Waals surface area contributed by atoms with E-state index in [2.05, 4.69) is 15.0 Å². The number of carbonyl (C=O) groups is 1. The van der Waals surface area contributed by atoms with E-state index in [9.17, 15) is 18.0 Å². The third-order valence-electron chi connectivity index (χ3n) is 5.81. The van der Waals surface area contributed by atoms with E-state index in [1.165, 1.54) is 18.5 Å². The van der Waals surface area contributed by atoms with Crippen molar-refractivity contribution in [3.05, 3.63) is 114 Å². The van der Waals surface area contributed by atoms with Crippen molar-refractivity contribution in [1.29, 1.82) is 0 Å². The number of aromatic nitrogens is 3. The van der Waals surface area contributed by atoms with Crippen LogP contribution in [0.1, 0.15) is 39.5 Å². The number of nitrogens with zero attached hydrogens (tertiary/aromatic N) is 3. The maximum atomic E-state index is 13.9. The molecule has 0 aliphatic carbocycles. The van der Waals surface area contributed by atoms with E-state index in [0.717, 1.165) is 16.8 Å². The lowest BCUT2D eigenvalue weighted by molar-refractivity contribution is -0.138. The SMILES string of the molecule is O=C(C[C@@H](c1cnc2ccccc2c1)c1ncccc1C(F)(F)F)c1ccc2cccnc2c1. The molecule has 4 nitrogen and oxygen atoms in total. The van der Waals surface area contributed by atoms with Gasteiger partial charge in [0.1, 0.15) is 0 Å². The monoisotopic (exact) mass is 457 g/mol. The standard InChI is InChI=1S/C27H18F3N3O/c28-27(29,30)22-7-4-12-32-26(22)21(20-13-18-5-1-2-8-23(18)33-16-20)15-25(34)19-10-9-17-6-3-11-31-24(17)14-19/h1-14,16,21H,15H2/t21-/m0/s1. The Hall–Kier alpha value is -4.13. The van der Waals surface area contributed by atoms with Gasteiger partial charge in [-0.2, -0.15) is 13.2 Å². The maximum absolute atomic E-state index is 13.9. The van der Waals surface area contributed by atoms with Crippen LogP contribution in [0.15, 0.2) is 91.4 Å². The highest BCUT2D eigenvalue weighted by Gasteiger charge is 2.37. The lowest BCUT2D eigenvalue weighted by Gasteiger charge is -2.21. The van der Waals surface area contributed by atoms with Crippen molar-refractivity contribution in [3.8, 4) is 0 Å². The highest BCUT2D eigenvalue weighted by Crippen LogP contribution is 2.38. The predicted octanol–water partition coefficient (Wildman–Crippen LogP) is 6.60. The zero-order valence-electron chi connectivity index (χ0n) is 17.8. The first-order chi connectivity index (χ1) is 16.4. The molecule has 1 atom stereocenters. The Balaban J connectivity index is 1.61. The molecule has 0 bridgehead atoms. The molecular weight excluding hydrogens is 439 g/mol. The second-order valence-corrected chi connectivity index (χ2v) is 7.99. The van der Waals surface area contributed by atoms with E-state index in [1.54, 1.807) is 36.5 Å². The van der Waals surface area contributed by atoms with Gasteiger partial charge in [0, 0.05) is 47.3 Å². The summed E-state index contributed by atoms with van der Waals surface area (Å²) < 4.78 is 41.6. The van der Waals surface area contributed by atoms with Crippen molar-refractivity contribution in [2.24, 2.45) is 0 Å².